The van der Waals surface area contributed by atoms with Crippen LogP contribution >= 0.6 is 0 Å². The van der Waals surface area contributed by atoms with Crippen molar-refractivity contribution in [1.82, 2.24) is 4.90 Å². The average Bonchev–Trinajstić information content (AvgIpc) is 2.12. The van der Waals surface area contributed by atoms with Gasteiger partial charge in [-0.2, -0.15) is 0 Å². The van der Waals surface area contributed by atoms with E-state index < -0.39 is 0 Å². The fourth-order valence-electron chi connectivity index (χ4n) is 1.05. The highest BCUT2D eigenvalue weighted by Gasteiger charge is 2.05. The molecule has 1 heterocycles. The van der Waals surface area contributed by atoms with E-state index in [9.17, 15) is 0 Å². The van der Waals surface area contributed by atoms with E-state index in [1.54, 1.807) is 0 Å². The van der Waals surface area contributed by atoms with E-state index in [4.69, 9.17) is 0 Å². The van der Waals surface area contributed by atoms with Gasteiger partial charge < -0.3 is 0 Å². The van der Waals surface area contributed by atoms with Crippen molar-refractivity contribution in [3.05, 3.63) is 24.3 Å². The third-order valence-corrected chi connectivity index (χ3v) is 1.79. The van der Waals surface area contributed by atoms with E-state index in [1.807, 2.05) is 0 Å². The van der Waals surface area contributed by atoms with E-state index in [0.29, 0.717) is 6.04 Å². The van der Waals surface area contributed by atoms with Crippen LogP contribution in [0, 0.1) is 0 Å². The molecule has 56 valence electrons. The van der Waals surface area contributed by atoms with Gasteiger partial charge in [-0.25, -0.2) is 0 Å². The minimum atomic E-state index is 0.660. The molecule has 1 aliphatic rings. The van der Waals surface area contributed by atoms with E-state index in [0.717, 1.165) is 13.1 Å². The van der Waals surface area contributed by atoms with Crippen LogP contribution in [0.5, 0.6) is 0 Å². The SMILES string of the molecule is CC(C)N1CC=CC=CC1. The van der Waals surface area contributed by atoms with Gasteiger partial charge in [0.1, 0.15) is 0 Å². The summed E-state index contributed by atoms with van der Waals surface area (Å²) in [5.74, 6) is 0. The second kappa shape index (κ2) is 3.57. The highest BCUT2D eigenvalue weighted by Crippen LogP contribution is 2.00. The number of nitrogens with zero attached hydrogens (tertiary/aromatic N) is 1. The van der Waals surface area contributed by atoms with Gasteiger partial charge >= 0.3 is 0 Å². The molecule has 0 aliphatic carbocycles. The van der Waals surface area contributed by atoms with Crippen molar-refractivity contribution in [2.75, 3.05) is 13.1 Å². The molecule has 1 rings (SSSR count). The lowest BCUT2D eigenvalue weighted by molar-refractivity contribution is 0.274. The summed E-state index contributed by atoms with van der Waals surface area (Å²) < 4.78 is 0. The normalized spacial score (nSPS) is 19.9. The average molecular weight is 137 g/mol. The Morgan fingerprint density at radius 2 is 1.60 bits per heavy atom. The maximum atomic E-state index is 2.42. The Labute approximate surface area is 63.0 Å². The first-order valence-electron chi connectivity index (χ1n) is 3.86. The van der Waals surface area contributed by atoms with Gasteiger partial charge in [0, 0.05) is 19.1 Å². The molecule has 0 aromatic carbocycles. The lowest BCUT2D eigenvalue weighted by Gasteiger charge is -2.22. The Balaban J connectivity index is 2.47. The van der Waals surface area contributed by atoms with Gasteiger partial charge in [0.25, 0.3) is 0 Å². The number of hydrogen-bond acceptors (Lipinski definition) is 1. The molecule has 1 nitrogen and oxygen atoms in total. The molecule has 1 aliphatic heterocycles. The Hall–Kier alpha value is -0.560. The van der Waals surface area contributed by atoms with Gasteiger partial charge in [-0.05, 0) is 13.8 Å². The number of hydrogen-bond donors (Lipinski definition) is 0. The predicted octanol–water partition coefficient (Wildman–Crippen LogP) is 1.82. The molecule has 1 heteroatoms. The highest BCUT2D eigenvalue weighted by molar-refractivity contribution is 5.07. The van der Waals surface area contributed by atoms with Crippen molar-refractivity contribution in [1.29, 1.82) is 0 Å². The minimum Gasteiger partial charge on any atom is -0.294 e. The molecule has 0 aromatic heterocycles. The summed E-state index contributed by atoms with van der Waals surface area (Å²) in [6.45, 7) is 6.63. The summed E-state index contributed by atoms with van der Waals surface area (Å²) in [4.78, 5) is 2.42. The molecular weight excluding hydrogens is 122 g/mol. The molecule has 0 fully saturated rings. The van der Waals surface area contributed by atoms with Gasteiger partial charge in [-0.1, -0.05) is 24.3 Å². The predicted molar refractivity (Wildman–Crippen MR) is 45.0 cm³/mol. The monoisotopic (exact) mass is 137 g/mol. The molecule has 0 saturated heterocycles. The van der Waals surface area contributed by atoms with Crippen LogP contribution in [-0.2, 0) is 0 Å². The molecule has 0 radical (unpaired) electrons. The first kappa shape index (κ1) is 7.55. The van der Waals surface area contributed by atoms with Gasteiger partial charge in [0.2, 0.25) is 0 Å². The van der Waals surface area contributed by atoms with Crippen LogP contribution in [0.4, 0.5) is 0 Å². The van der Waals surface area contributed by atoms with Crippen LogP contribution < -0.4 is 0 Å². The van der Waals surface area contributed by atoms with Gasteiger partial charge in [0.05, 0.1) is 0 Å². The van der Waals surface area contributed by atoms with Gasteiger partial charge in [-0.3, -0.25) is 4.90 Å². The third kappa shape index (κ3) is 1.99. The van der Waals surface area contributed by atoms with Crippen molar-refractivity contribution >= 4 is 0 Å². The molecule has 0 unspecified atom stereocenters. The molecule has 0 bridgehead atoms. The molecule has 0 amide bonds. The highest BCUT2D eigenvalue weighted by atomic mass is 15.1. The smallest absolute Gasteiger partial charge is 0.0172 e. The second-order valence-electron chi connectivity index (χ2n) is 2.90. The van der Waals surface area contributed by atoms with Crippen molar-refractivity contribution in [2.24, 2.45) is 0 Å². The lowest BCUT2D eigenvalue weighted by Crippen LogP contribution is -2.30. The van der Waals surface area contributed by atoms with E-state index in [2.05, 4.69) is 43.1 Å². The number of allylic oxidation sites excluding steroid dienone is 2. The van der Waals surface area contributed by atoms with Crippen molar-refractivity contribution in [2.45, 2.75) is 19.9 Å². The van der Waals surface area contributed by atoms with Crippen LogP contribution in [0.1, 0.15) is 13.8 Å². The van der Waals surface area contributed by atoms with Gasteiger partial charge in [0.15, 0.2) is 0 Å². The summed E-state index contributed by atoms with van der Waals surface area (Å²) in [6, 6.07) is 0.660. The largest absolute Gasteiger partial charge is 0.294 e. The Morgan fingerprint density at radius 1 is 1.10 bits per heavy atom. The fourth-order valence-corrected chi connectivity index (χ4v) is 1.05. The maximum Gasteiger partial charge on any atom is 0.0172 e. The Morgan fingerprint density at radius 3 is 2.00 bits per heavy atom. The zero-order valence-corrected chi connectivity index (χ0v) is 6.75. The maximum absolute atomic E-state index is 2.42. The lowest BCUT2D eigenvalue weighted by atomic mass is 10.3. The van der Waals surface area contributed by atoms with Crippen LogP contribution in [0.2, 0.25) is 0 Å². The van der Waals surface area contributed by atoms with E-state index in [-0.39, 0.29) is 0 Å². The Kier molecular flexibility index (Phi) is 2.69. The van der Waals surface area contributed by atoms with Crippen LogP contribution in [0.25, 0.3) is 0 Å². The first-order chi connectivity index (χ1) is 4.80. The zero-order valence-electron chi connectivity index (χ0n) is 6.75. The van der Waals surface area contributed by atoms with E-state index in [1.165, 1.54) is 0 Å². The second-order valence-corrected chi connectivity index (χ2v) is 2.90. The summed E-state index contributed by atoms with van der Waals surface area (Å²) >= 11 is 0. The summed E-state index contributed by atoms with van der Waals surface area (Å²) in [6.07, 6.45) is 8.62. The molecule has 0 aromatic rings. The summed E-state index contributed by atoms with van der Waals surface area (Å²) in [5, 5.41) is 0. The summed E-state index contributed by atoms with van der Waals surface area (Å²) in [5.41, 5.74) is 0. The first-order valence-corrected chi connectivity index (χ1v) is 3.86. The van der Waals surface area contributed by atoms with Crippen molar-refractivity contribution in [3.63, 3.8) is 0 Å². The third-order valence-electron chi connectivity index (χ3n) is 1.79. The van der Waals surface area contributed by atoms with Crippen LogP contribution in [0.3, 0.4) is 0 Å². The standard InChI is InChI=1S/C9H15N/c1-9(2)10-7-5-3-4-6-8-10/h3-6,9H,7-8H2,1-2H3. The molecule has 10 heavy (non-hydrogen) atoms. The van der Waals surface area contributed by atoms with Crippen molar-refractivity contribution < 1.29 is 0 Å². The fraction of sp³-hybridized carbons (Fsp3) is 0.556. The molecule has 0 spiro atoms. The molecular formula is C9H15N. The molecule has 0 N–H and O–H groups in total. The molecule has 0 saturated carbocycles. The van der Waals surface area contributed by atoms with Crippen LogP contribution in [-0.4, -0.2) is 24.0 Å². The van der Waals surface area contributed by atoms with Crippen LogP contribution in [0.15, 0.2) is 24.3 Å². The van der Waals surface area contributed by atoms with Crippen molar-refractivity contribution in [3.8, 4) is 0 Å². The number of rotatable bonds is 1. The molecule has 0 atom stereocenters. The minimum absolute atomic E-state index is 0.660. The Bertz CT molecular complexity index is 131. The topological polar surface area (TPSA) is 3.24 Å². The van der Waals surface area contributed by atoms with E-state index >= 15 is 0 Å². The zero-order chi connectivity index (χ0) is 7.40. The summed E-state index contributed by atoms with van der Waals surface area (Å²) in [7, 11) is 0. The van der Waals surface area contributed by atoms with Gasteiger partial charge in [-0.15, -0.1) is 0 Å². The quantitative estimate of drug-likeness (QED) is 0.533.